The second kappa shape index (κ2) is 7.30. The molecule has 1 rings (SSSR count). The van der Waals surface area contributed by atoms with E-state index in [1.807, 2.05) is 24.3 Å². The van der Waals surface area contributed by atoms with Gasteiger partial charge in [-0.2, -0.15) is 11.8 Å². The Labute approximate surface area is 99.8 Å². The predicted octanol–water partition coefficient (Wildman–Crippen LogP) is 1.63. The van der Waals surface area contributed by atoms with E-state index in [9.17, 15) is 4.79 Å². The van der Waals surface area contributed by atoms with E-state index in [2.05, 4.69) is 4.74 Å². The Morgan fingerprint density at radius 3 is 2.69 bits per heavy atom. The third-order valence-corrected chi connectivity index (χ3v) is 3.16. The fourth-order valence-electron chi connectivity index (χ4n) is 1.35. The Kier molecular flexibility index (Phi) is 5.96. The van der Waals surface area contributed by atoms with Crippen LogP contribution in [0.1, 0.15) is 11.1 Å². The van der Waals surface area contributed by atoms with Gasteiger partial charge in [-0.3, -0.25) is 4.79 Å². The van der Waals surface area contributed by atoms with Gasteiger partial charge in [0.15, 0.2) is 0 Å². The van der Waals surface area contributed by atoms with Gasteiger partial charge in [-0.05, 0) is 11.1 Å². The molecule has 4 heteroatoms. The predicted molar refractivity (Wildman–Crippen MR) is 65.4 cm³/mol. The maximum atomic E-state index is 11.2. The number of hydrogen-bond acceptors (Lipinski definition) is 4. The number of carbonyl (C=O) groups is 1. The van der Waals surface area contributed by atoms with Crippen molar-refractivity contribution in [1.82, 2.24) is 0 Å². The highest BCUT2D eigenvalue weighted by atomic mass is 32.2. The van der Waals surface area contributed by atoms with Crippen molar-refractivity contribution < 1.29 is 14.6 Å². The average Bonchev–Trinajstić information content (AvgIpc) is 2.31. The minimum atomic E-state index is -0.223. The highest BCUT2D eigenvalue weighted by Crippen LogP contribution is 2.17. The first kappa shape index (κ1) is 13.1. The molecule has 0 fully saturated rings. The molecule has 16 heavy (non-hydrogen) atoms. The number of aliphatic hydroxyl groups excluding tert-OH is 1. The molecule has 3 nitrogen and oxygen atoms in total. The lowest BCUT2D eigenvalue weighted by molar-refractivity contribution is -0.139. The molecule has 0 radical (unpaired) electrons. The molecule has 0 amide bonds. The molecule has 1 N–H and O–H groups in total. The summed E-state index contributed by atoms with van der Waals surface area (Å²) in [7, 11) is 1.39. The Bertz CT molecular complexity index is 339. The van der Waals surface area contributed by atoms with E-state index in [-0.39, 0.29) is 12.6 Å². The van der Waals surface area contributed by atoms with Crippen LogP contribution in [0.15, 0.2) is 24.3 Å². The summed E-state index contributed by atoms with van der Waals surface area (Å²) in [5, 5.41) is 8.70. The van der Waals surface area contributed by atoms with Crippen LogP contribution in [0.4, 0.5) is 0 Å². The number of methoxy groups -OCH3 is 1. The maximum Gasteiger partial charge on any atom is 0.309 e. The van der Waals surface area contributed by atoms with E-state index < -0.39 is 0 Å². The van der Waals surface area contributed by atoms with Crippen molar-refractivity contribution in [3.63, 3.8) is 0 Å². The van der Waals surface area contributed by atoms with Crippen LogP contribution in [0.2, 0.25) is 0 Å². The molecule has 0 aliphatic carbocycles. The smallest absolute Gasteiger partial charge is 0.309 e. The minimum Gasteiger partial charge on any atom is -0.469 e. The van der Waals surface area contributed by atoms with Crippen molar-refractivity contribution in [3.05, 3.63) is 35.4 Å². The first-order valence-electron chi connectivity index (χ1n) is 5.10. The summed E-state index contributed by atoms with van der Waals surface area (Å²) < 4.78 is 4.65. The zero-order chi connectivity index (χ0) is 11.8. The van der Waals surface area contributed by atoms with Crippen molar-refractivity contribution in [2.24, 2.45) is 0 Å². The minimum absolute atomic E-state index is 0.184. The van der Waals surface area contributed by atoms with E-state index in [0.717, 1.165) is 16.9 Å². The molecule has 0 aliphatic rings. The molecule has 0 saturated carbocycles. The van der Waals surface area contributed by atoms with Gasteiger partial charge in [0.25, 0.3) is 0 Å². The Morgan fingerprint density at radius 2 is 2.06 bits per heavy atom. The highest BCUT2D eigenvalue weighted by Gasteiger charge is 2.07. The molecule has 0 aliphatic heterocycles. The Hall–Kier alpha value is -1.00. The SMILES string of the molecule is COC(=O)Cc1ccccc1CSCCO. The number of rotatable bonds is 6. The van der Waals surface area contributed by atoms with Crippen LogP contribution in [0.5, 0.6) is 0 Å². The number of esters is 1. The summed E-state index contributed by atoms with van der Waals surface area (Å²) in [6, 6.07) is 7.81. The number of aliphatic hydroxyl groups is 1. The van der Waals surface area contributed by atoms with Crippen LogP contribution in [0.3, 0.4) is 0 Å². The maximum absolute atomic E-state index is 11.2. The van der Waals surface area contributed by atoms with E-state index in [0.29, 0.717) is 12.2 Å². The van der Waals surface area contributed by atoms with E-state index in [4.69, 9.17) is 5.11 Å². The van der Waals surface area contributed by atoms with Crippen molar-refractivity contribution in [2.45, 2.75) is 12.2 Å². The summed E-state index contributed by atoms with van der Waals surface area (Å²) in [5.74, 6) is 1.31. The van der Waals surface area contributed by atoms with Crippen molar-refractivity contribution in [3.8, 4) is 0 Å². The van der Waals surface area contributed by atoms with Crippen molar-refractivity contribution >= 4 is 17.7 Å². The molecule has 0 bridgehead atoms. The fourth-order valence-corrected chi connectivity index (χ4v) is 2.12. The molecular weight excluding hydrogens is 224 g/mol. The number of ether oxygens (including phenoxy) is 1. The molecular formula is C12H16O3S. The molecule has 88 valence electrons. The van der Waals surface area contributed by atoms with Crippen LogP contribution in [-0.4, -0.2) is 30.5 Å². The normalized spacial score (nSPS) is 10.1. The third kappa shape index (κ3) is 4.24. The van der Waals surface area contributed by atoms with Gasteiger partial charge in [0.05, 0.1) is 20.1 Å². The van der Waals surface area contributed by atoms with Crippen LogP contribution in [0.25, 0.3) is 0 Å². The number of thioether (sulfide) groups is 1. The molecule has 1 aromatic carbocycles. The standard InChI is InChI=1S/C12H16O3S/c1-15-12(14)8-10-4-2-3-5-11(10)9-16-7-6-13/h2-5,13H,6-9H2,1H3. The Morgan fingerprint density at radius 1 is 1.38 bits per heavy atom. The second-order valence-corrected chi connectivity index (χ2v) is 4.40. The highest BCUT2D eigenvalue weighted by molar-refractivity contribution is 7.98. The van der Waals surface area contributed by atoms with Gasteiger partial charge in [-0.15, -0.1) is 0 Å². The lowest BCUT2D eigenvalue weighted by Crippen LogP contribution is -2.06. The van der Waals surface area contributed by atoms with Crippen molar-refractivity contribution in [1.29, 1.82) is 0 Å². The van der Waals surface area contributed by atoms with E-state index in [1.165, 1.54) is 7.11 Å². The van der Waals surface area contributed by atoms with Gasteiger partial charge in [0.2, 0.25) is 0 Å². The van der Waals surface area contributed by atoms with Crippen LogP contribution in [-0.2, 0) is 21.7 Å². The first-order valence-corrected chi connectivity index (χ1v) is 6.25. The average molecular weight is 240 g/mol. The number of carbonyl (C=O) groups excluding carboxylic acids is 1. The van der Waals surface area contributed by atoms with Gasteiger partial charge in [-0.1, -0.05) is 24.3 Å². The zero-order valence-electron chi connectivity index (χ0n) is 9.31. The summed E-state index contributed by atoms with van der Waals surface area (Å²) in [6.45, 7) is 0.184. The largest absolute Gasteiger partial charge is 0.469 e. The molecule has 0 unspecified atom stereocenters. The summed E-state index contributed by atoms with van der Waals surface area (Å²) in [6.07, 6.45) is 0.312. The van der Waals surface area contributed by atoms with Gasteiger partial charge in [0, 0.05) is 11.5 Å². The quantitative estimate of drug-likeness (QED) is 0.606. The molecule has 0 spiro atoms. The lowest BCUT2D eigenvalue weighted by Gasteiger charge is -2.07. The molecule has 0 saturated heterocycles. The third-order valence-electron chi connectivity index (χ3n) is 2.17. The summed E-state index contributed by atoms with van der Waals surface area (Å²) in [4.78, 5) is 11.2. The topological polar surface area (TPSA) is 46.5 Å². The van der Waals surface area contributed by atoms with Gasteiger partial charge in [-0.25, -0.2) is 0 Å². The summed E-state index contributed by atoms with van der Waals surface area (Å²) >= 11 is 1.65. The van der Waals surface area contributed by atoms with Crippen LogP contribution >= 0.6 is 11.8 Å². The molecule has 0 atom stereocenters. The number of hydrogen-bond donors (Lipinski definition) is 1. The lowest BCUT2D eigenvalue weighted by atomic mass is 10.1. The zero-order valence-corrected chi connectivity index (χ0v) is 10.1. The van der Waals surface area contributed by atoms with E-state index >= 15 is 0 Å². The Balaban J connectivity index is 2.63. The summed E-state index contributed by atoms with van der Waals surface area (Å²) in [5.41, 5.74) is 2.13. The van der Waals surface area contributed by atoms with Crippen LogP contribution < -0.4 is 0 Å². The van der Waals surface area contributed by atoms with Gasteiger partial charge >= 0.3 is 5.97 Å². The van der Waals surface area contributed by atoms with Gasteiger partial charge < -0.3 is 9.84 Å². The van der Waals surface area contributed by atoms with Crippen LogP contribution in [0, 0.1) is 0 Å². The van der Waals surface area contributed by atoms with Gasteiger partial charge in [0.1, 0.15) is 0 Å². The van der Waals surface area contributed by atoms with E-state index in [1.54, 1.807) is 11.8 Å². The fraction of sp³-hybridized carbons (Fsp3) is 0.417. The first-order chi connectivity index (χ1) is 7.77. The molecule has 1 aromatic rings. The second-order valence-electron chi connectivity index (χ2n) is 3.30. The van der Waals surface area contributed by atoms with Crippen molar-refractivity contribution in [2.75, 3.05) is 19.5 Å². The number of benzene rings is 1. The monoisotopic (exact) mass is 240 g/mol. The molecule has 0 heterocycles. The molecule has 0 aromatic heterocycles.